The summed E-state index contributed by atoms with van der Waals surface area (Å²) in [6, 6.07) is 0. The summed E-state index contributed by atoms with van der Waals surface area (Å²) in [6.07, 6.45) is 1.58. The normalized spacial score (nSPS) is 12.3. The van der Waals surface area contributed by atoms with Gasteiger partial charge in [-0.1, -0.05) is 6.08 Å². The number of carboxylic acids is 1. The van der Waals surface area contributed by atoms with Crippen LogP contribution in [0.15, 0.2) is 12.7 Å². The molecule has 0 aromatic carbocycles. The Kier molecular flexibility index (Phi) is 3.63. The lowest BCUT2D eigenvalue weighted by molar-refractivity contribution is -0.150. The zero-order chi connectivity index (χ0) is 11.6. The number of Topliss-reactive ketones (excluding diaryl/α,β-unsaturated/α-hetero) is 1. The summed E-state index contributed by atoms with van der Waals surface area (Å²) in [7, 11) is 0. The van der Waals surface area contributed by atoms with E-state index in [1.54, 1.807) is 33.8 Å². The van der Waals surface area contributed by atoms with E-state index in [9.17, 15) is 9.59 Å². The maximum atomic E-state index is 11.7. The molecule has 3 nitrogen and oxygen atoms in total. The Morgan fingerprint density at radius 1 is 1.29 bits per heavy atom. The van der Waals surface area contributed by atoms with E-state index in [0.717, 1.165) is 0 Å². The molecule has 0 aromatic rings. The lowest BCUT2D eigenvalue weighted by atomic mass is 9.78. The predicted octanol–water partition coefficient (Wildman–Crippen LogP) is 2.27. The molecule has 0 atom stereocenters. The van der Waals surface area contributed by atoms with Gasteiger partial charge >= 0.3 is 5.97 Å². The molecule has 80 valence electrons. The van der Waals surface area contributed by atoms with Crippen LogP contribution >= 0.6 is 0 Å². The first-order valence-corrected chi connectivity index (χ1v) is 4.54. The van der Waals surface area contributed by atoms with Crippen molar-refractivity contribution < 1.29 is 14.7 Å². The maximum Gasteiger partial charge on any atom is 0.309 e. The van der Waals surface area contributed by atoms with Gasteiger partial charge in [0.15, 0.2) is 0 Å². The topological polar surface area (TPSA) is 54.4 Å². The zero-order valence-electron chi connectivity index (χ0n) is 9.26. The molecule has 0 spiro atoms. The number of hydrogen-bond acceptors (Lipinski definition) is 2. The molecule has 14 heavy (non-hydrogen) atoms. The first-order valence-electron chi connectivity index (χ1n) is 4.54. The highest BCUT2D eigenvalue weighted by atomic mass is 16.4. The zero-order valence-corrected chi connectivity index (χ0v) is 9.26. The third kappa shape index (κ3) is 2.98. The van der Waals surface area contributed by atoms with E-state index in [4.69, 9.17) is 5.11 Å². The smallest absolute Gasteiger partial charge is 0.309 e. The standard InChI is InChI=1S/C11H18O3/c1-6-10(2,3)8(12)7-11(4,5)9(13)14/h6H,1,7H2,2-5H3,(H,13,14). The number of carboxylic acid groups (broad SMARTS) is 1. The van der Waals surface area contributed by atoms with E-state index >= 15 is 0 Å². The van der Waals surface area contributed by atoms with Gasteiger partial charge in [0, 0.05) is 11.8 Å². The average molecular weight is 198 g/mol. The second-order valence-corrected chi connectivity index (χ2v) is 4.71. The van der Waals surface area contributed by atoms with Gasteiger partial charge in [0.25, 0.3) is 0 Å². The summed E-state index contributed by atoms with van der Waals surface area (Å²) in [5.41, 5.74) is -1.65. The molecule has 1 N–H and O–H groups in total. The lowest BCUT2D eigenvalue weighted by Crippen LogP contribution is -2.32. The Morgan fingerprint density at radius 3 is 2.00 bits per heavy atom. The first-order chi connectivity index (χ1) is 6.13. The highest BCUT2D eigenvalue weighted by Gasteiger charge is 2.34. The molecule has 0 radical (unpaired) electrons. The highest BCUT2D eigenvalue weighted by molar-refractivity contribution is 5.90. The van der Waals surface area contributed by atoms with Crippen LogP contribution < -0.4 is 0 Å². The second kappa shape index (κ2) is 3.95. The molecular weight excluding hydrogens is 180 g/mol. The van der Waals surface area contributed by atoms with E-state index in [1.165, 1.54) is 0 Å². The molecule has 0 unspecified atom stereocenters. The van der Waals surface area contributed by atoms with Gasteiger partial charge in [-0.05, 0) is 27.7 Å². The van der Waals surface area contributed by atoms with Gasteiger partial charge in [-0.3, -0.25) is 9.59 Å². The number of allylic oxidation sites excluding steroid dienone is 1. The Morgan fingerprint density at radius 2 is 1.71 bits per heavy atom. The average Bonchev–Trinajstić information content (AvgIpc) is 2.03. The molecule has 0 heterocycles. The largest absolute Gasteiger partial charge is 0.481 e. The van der Waals surface area contributed by atoms with E-state index in [1.807, 2.05) is 0 Å². The molecule has 3 heteroatoms. The van der Waals surface area contributed by atoms with Crippen LogP contribution in [0.4, 0.5) is 0 Å². The van der Waals surface area contributed by atoms with Gasteiger partial charge in [0.1, 0.15) is 5.78 Å². The minimum Gasteiger partial charge on any atom is -0.481 e. The third-order valence-electron chi connectivity index (χ3n) is 2.41. The van der Waals surface area contributed by atoms with Crippen molar-refractivity contribution in [2.75, 3.05) is 0 Å². The second-order valence-electron chi connectivity index (χ2n) is 4.71. The maximum absolute atomic E-state index is 11.7. The highest BCUT2D eigenvalue weighted by Crippen LogP contribution is 2.28. The fraction of sp³-hybridized carbons (Fsp3) is 0.636. The third-order valence-corrected chi connectivity index (χ3v) is 2.41. The van der Waals surface area contributed by atoms with Crippen molar-refractivity contribution in [3.8, 4) is 0 Å². The Bertz CT molecular complexity index is 262. The van der Waals surface area contributed by atoms with E-state index in [0.29, 0.717) is 0 Å². The Labute approximate surface area is 84.8 Å². The molecule has 0 saturated carbocycles. The number of carbonyl (C=O) groups excluding carboxylic acids is 1. The van der Waals surface area contributed by atoms with Gasteiger partial charge in [-0.2, -0.15) is 0 Å². The van der Waals surface area contributed by atoms with Gasteiger partial charge in [-0.25, -0.2) is 0 Å². The fourth-order valence-corrected chi connectivity index (χ4v) is 0.819. The van der Waals surface area contributed by atoms with Crippen LogP contribution in [0.3, 0.4) is 0 Å². The first kappa shape index (κ1) is 12.9. The van der Waals surface area contributed by atoms with Crippen LogP contribution in [0.5, 0.6) is 0 Å². The Hall–Kier alpha value is -1.12. The van der Waals surface area contributed by atoms with Crippen molar-refractivity contribution in [3.05, 3.63) is 12.7 Å². The summed E-state index contributed by atoms with van der Waals surface area (Å²) >= 11 is 0. The van der Waals surface area contributed by atoms with Crippen molar-refractivity contribution in [1.29, 1.82) is 0 Å². The Balaban J connectivity index is 4.63. The minimum absolute atomic E-state index is 0.0291. The van der Waals surface area contributed by atoms with Crippen LogP contribution in [0.1, 0.15) is 34.1 Å². The summed E-state index contributed by atoms with van der Waals surface area (Å²) in [4.78, 5) is 22.5. The van der Waals surface area contributed by atoms with Crippen LogP contribution in [0.2, 0.25) is 0 Å². The van der Waals surface area contributed by atoms with Crippen LogP contribution in [-0.2, 0) is 9.59 Å². The van der Waals surface area contributed by atoms with Crippen LogP contribution in [-0.4, -0.2) is 16.9 Å². The predicted molar refractivity (Wildman–Crippen MR) is 55.0 cm³/mol. The van der Waals surface area contributed by atoms with Crippen molar-refractivity contribution in [2.45, 2.75) is 34.1 Å². The van der Waals surface area contributed by atoms with Crippen molar-refractivity contribution in [1.82, 2.24) is 0 Å². The number of hydrogen-bond donors (Lipinski definition) is 1. The molecule has 0 aliphatic rings. The molecule has 0 amide bonds. The number of carbonyl (C=O) groups is 2. The number of rotatable bonds is 5. The number of ketones is 1. The minimum atomic E-state index is -1.00. The van der Waals surface area contributed by atoms with Gasteiger partial charge in [-0.15, -0.1) is 6.58 Å². The summed E-state index contributed by atoms with van der Waals surface area (Å²) in [5, 5.41) is 8.85. The molecule has 0 fully saturated rings. The molecule has 0 bridgehead atoms. The van der Waals surface area contributed by atoms with Gasteiger partial charge in [0.05, 0.1) is 5.41 Å². The van der Waals surface area contributed by atoms with Crippen LogP contribution in [0, 0.1) is 10.8 Å². The quantitative estimate of drug-likeness (QED) is 0.689. The SMILES string of the molecule is C=CC(C)(C)C(=O)CC(C)(C)C(=O)O. The molecule has 0 rings (SSSR count). The van der Waals surface area contributed by atoms with E-state index < -0.39 is 16.8 Å². The van der Waals surface area contributed by atoms with E-state index in [-0.39, 0.29) is 12.2 Å². The summed E-state index contributed by atoms with van der Waals surface area (Å²) in [6.45, 7) is 10.1. The molecule has 0 aliphatic carbocycles. The molecule has 0 saturated heterocycles. The van der Waals surface area contributed by atoms with Gasteiger partial charge < -0.3 is 5.11 Å². The molecule has 0 aromatic heterocycles. The number of aliphatic carboxylic acids is 1. The summed E-state index contributed by atoms with van der Waals surface area (Å²) < 4.78 is 0. The lowest BCUT2D eigenvalue weighted by Gasteiger charge is -2.24. The van der Waals surface area contributed by atoms with Crippen molar-refractivity contribution in [3.63, 3.8) is 0 Å². The van der Waals surface area contributed by atoms with Crippen molar-refractivity contribution >= 4 is 11.8 Å². The van der Waals surface area contributed by atoms with Crippen LogP contribution in [0.25, 0.3) is 0 Å². The van der Waals surface area contributed by atoms with Gasteiger partial charge in [0.2, 0.25) is 0 Å². The monoisotopic (exact) mass is 198 g/mol. The molecular formula is C11H18O3. The molecule has 0 aliphatic heterocycles. The van der Waals surface area contributed by atoms with E-state index in [2.05, 4.69) is 6.58 Å². The van der Waals surface area contributed by atoms with Crippen molar-refractivity contribution in [2.24, 2.45) is 10.8 Å². The fourth-order valence-electron chi connectivity index (χ4n) is 0.819. The summed E-state index contributed by atoms with van der Waals surface area (Å²) in [5.74, 6) is -1.05.